The Balaban J connectivity index is 1.83. The van der Waals surface area contributed by atoms with E-state index in [2.05, 4.69) is 29.3 Å². The molecule has 1 N–H and O–H groups in total. The number of rotatable bonds is 8. The molecule has 0 spiro atoms. The van der Waals surface area contributed by atoms with E-state index in [1.165, 1.54) is 24.0 Å². The van der Waals surface area contributed by atoms with E-state index in [0.29, 0.717) is 13.2 Å². The number of ether oxygens (including phenoxy) is 1. The minimum atomic E-state index is 0.139. The number of hydrogen-bond acceptors (Lipinski definition) is 3. The van der Waals surface area contributed by atoms with Crippen molar-refractivity contribution in [3.63, 3.8) is 0 Å². The van der Waals surface area contributed by atoms with Crippen LogP contribution >= 0.6 is 0 Å². The van der Waals surface area contributed by atoms with Crippen molar-refractivity contribution in [1.29, 1.82) is 0 Å². The second kappa shape index (κ2) is 8.79. The van der Waals surface area contributed by atoms with Crippen molar-refractivity contribution in [2.24, 2.45) is 0 Å². The van der Waals surface area contributed by atoms with Gasteiger partial charge in [-0.15, -0.1) is 0 Å². The Hall–Kier alpha value is -1.55. The van der Waals surface area contributed by atoms with E-state index in [0.717, 1.165) is 38.2 Å². The molecule has 1 aliphatic heterocycles. The highest BCUT2D eigenvalue weighted by molar-refractivity contribution is 5.78. The fraction of sp³-hybridized carbons (Fsp3) is 0.611. The van der Waals surface area contributed by atoms with Gasteiger partial charge in [0.05, 0.1) is 13.2 Å². The monoisotopic (exact) mass is 304 g/mol. The number of carbonyl (C=O) groups is 1. The van der Waals surface area contributed by atoms with Crippen molar-refractivity contribution < 1.29 is 9.53 Å². The first kappa shape index (κ1) is 16.8. The summed E-state index contributed by atoms with van der Waals surface area (Å²) in [6.07, 6.45) is 4.44. The number of nitrogens with one attached hydrogen (secondary N) is 1. The van der Waals surface area contributed by atoms with Gasteiger partial charge < -0.3 is 10.1 Å². The molecule has 122 valence electrons. The molecule has 0 radical (unpaired) electrons. The zero-order valence-electron chi connectivity index (χ0n) is 13.9. The van der Waals surface area contributed by atoms with Gasteiger partial charge in [0, 0.05) is 19.6 Å². The normalized spacial score (nSPS) is 14.5. The quantitative estimate of drug-likeness (QED) is 0.751. The van der Waals surface area contributed by atoms with Crippen LogP contribution < -0.4 is 10.1 Å². The molecule has 4 nitrogen and oxygen atoms in total. The number of amides is 1. The van der Waals surface area contributed by atoms with Crippen LogP contribution in [0.5, 0.6) is 5.75 Å². The number of unbranched alkanes of at least 4 members (excludes halogenated alkanes) is 2. The van der Waals surface area contributed by atoms with E-state index in [4.69, 9.17) is 4.74 Å². The van der Waals surface area contributed by atoms with E-state index >= 15 is 0 Å². The van der Waals surface area contributed by atoms with Crippen molar-refractivity contribution in [2.75, 3.05) is 26.2 Å². The largest absolute Gasteiger partial charge is 0.494 e. The first-order chi connectivity index (χ1) is 10.7. The fourth-order valence-corrected chi connectivity index (χ4v) is 2.85. The average molecular weight is 304 g/mol. The number of benzene rings is 1. The Bertz CT molecular complexity index is 488. The molecule has 1 aromatic carbocycles. The summed E-state index contributed by atoms with van der Waals surface area (Å²) in [6.45, 7) is 7.92. The summed E-state index contributed by atoms with van der Waals surface area (Å²) in [5.74, 6) is 1.06. The SMILES string of the molecule is CCCCCNC(=O)CN1CCc2ccc(OCC)cc2C1. The number of fused-ring (bicyclic) bond motifs is 1. The Morgan fingerprint density at radius 3 is 2.91 bits per heavy atom. The summed E-state index contributed by atoms with van der Waals surface area (Å²) in [7, 11) is 0. The zero-order chi connectivity index (χ0) is 15.8. The van der Waals surface area contributed by atoms with Crippen molar-refractivity contribution >= 4 is 5.91 Å². The zero-order valence-corrected chi connectivity index (χ0v) is 13.9. The van der Waals surface area contributed by atoms with Gasteiger partial charge in [-0.2, -0.15) is 0 Å². The van der Waals surface area contributed by atoms with Gasteiger partial charge in [-0.1, -0.05) is 25.8 Å². The van der Waals surface area contributed by atoms with Crippen LogP contribution in [-0.4, -0.2) is 37.0 Å². The van der Waals surface area contributed by atoms with Crippen molar-refractivity contribution in [2.45, 2.75) is 46.1 Å². The summed E-state index contributed by atoms with van der Waals surface area (Å²) in [6, 6.07) is 6.31. The van der Waals surface area contributed by atoms with Gasteiger partial charge in [0.15, 0.2) is 0 Å². The molecule has 1 aliphatic rings. The smallest absolute Gasteiger partial charge is 0.234 e. The lowest BCUT2D eigenvalue weighted by Crippen LogP contribution is -2.40. The highest BCUT2D eigenvalue weighted by Gasteiger charge is 2.18. The minimum absolute atomic E-state index is 0.139. The van der Waals surface area contributed by atoms with Gasteiger partial charge in [-0.3, -0.25) is 9.69 Å². The molecular formula is C18H28N2O2. The van der Waals surface area contributed by atoms with Crippen LogP contribution in [0.2, 0.25) is 0 Å². The molecule has 0 aliphatic carbocycles. The third-order valence-electron chi connectivity index (χ3n) is 4.05. The predicted octanol–water partition coefficient (Wildman–Crippen LogP) is 2.75. The van der Waals surface area contributed by atoms with Crippen LogP contribution in [0.25, 0.3) is 0 Å². The van der Waals surface area contributed by atoms with Crippen LogP contribution in [-0.2, 0) is 17.8 Å². The van der Waals surface area contributed by atoms with Gasteiger partial charge in [-0.25, -0.2) is 0 Å². The van der Waals surface area contributed by atoms with E-state index in [9.17, 15) is 4.79 Å². The molecule has 0 bridgehead atoms. The number of carbonyl (C=O) groups excluding carboxylic acids is 1. The topological polar surface area (TPSA) is 41.6 Å². The Kier molecular flexibility index (Phi) is 6.72. The fourth-order valence-electron chi connectivity index (χ4n) is 2.85. The van der Waals surface area contributed by atoms with E-state index in [1.807, 2.05) is 13.0 Å². The first-order valence-electron chi connectivity index (χ1n) is 8.46. The van der Waals surface area contributed by atoms with E-state index in [1.54, 1.807) is 0 Å². The van der Waals surface area contributed by atoms with Crippen molar-refractivity contribution in [3.8, 4) is 5.75 Å². The highest BCUT2D eigenvalue weighted by atomic mass is 16.5. The summed E-state index contributed by atoms with van der Waals surface area (Å²) < 4.78 is 5.57. The number of hydrogen-bond donors (Lipinski definition) is 1. The molecule has 0 atom stereocenters. The lowest BCUT2D eigenvalue weighted by molar-refractivity contribution is -0.122. The predicted molar refractivity (Wildman–Crippen MR) is 89.1 cm³/mol. The lowest BCUT2D eigenvalue weighted by atomic mass is 9.99. The summed E-state index contributed by atoms with van der Waals surface area (Å²) in [4.78, 5) is 14.2. The van der Waals surface area contributed by atoms with Crippen molar-refractivity contribution in [3.05, 3.63) is 29.3 Å². The minimum Gasteiger partial charge on any atom is -0.494 e. The second-order valence-electron chi connectivity index (χ2n) is 5.88. The summed E-state index contributed by atoms with van der Waals surface area (Å²) >= 11 is 0. The van der Waals surface area contributed by atoms with Crippen LogP contribution in [0.15, 0.2) is 18.2 Å². The molecule has 0 aromatic heterocycles. The van der Waals surface area contributed by atoms with E-state index < -0.39 is 0 Å². The summed E-state index contributed by atoms with van der Waals surface area (Å²) in [5, 5.41) is 3.02. The maximum absolute atomic E-state index is 12.0. The van der Waals surface area contributed by atoms with Crippen LogP contribution in [0.1, 0.15) is 44.2 Å². The average Bonchev–Trinajstić information content (AvgIpc) is 2.51. The van der Waals surface area contributed by atoms with Gasteiger partial charge in [0.1, 0.15) is 5.75 Å². The molecule has 22 heavy (non-hydrogen) atoms. The van der Waals surface area contributed by atoms with E-state index in [-0.39, 0.29) is 5.91 Å². The number of nitrogens with zero attached hydrogens (tertiary/aromatic N) is 1. The standard InChI is InChI=1S/C18H28N2O2/c1-3-5-6-10-19-18(21)14-20-11-9-15-7-8-17(22-4-2)12-16(15)13-20/h7-8,12H,3-6,9-11,13-14H2,1-2H3,(H,19,21). The first-order valence-corrected chi connectivity index (χ1v) is 8.46. The molecule has 0 saturated carbocycles. The molecular weight excluding hydrogens is 276 g/mol. The Morgan fingerprint density at radius 1 is 1.27 bits per heavy atom. The molecule has 1 heterocycles. The van der Waals surface area contributed by atoms with Crippen LogP contribution in [0.3, 0.4) is 0 Å². The molecule has 4 heteroatoms. The Labute approximate surface area is 133 Å². The molecule has 0 saturated heterocycles. The van der Waals surface area contributed by atoms with Gasteiger partial charge in [0.25, 0.3) is 0 Å². The lowest BCUT2D eigenvalue weighted by Gasteiger charge is -2.28. The third-order valence-corrected chi connectivity index (χ3v) is 4.05. The Morgan fingerprint density at radius 2 is 2.14 bits per heavy atom. The van der Waals surface area contributed by atoms with Gasteiger partial charge >= 0.3 is 0 Å². The molecule has 1 aromatic rings. The summed E-state index contributed by atoms with van der Waals surface area (Å²) in [5.41, 5.74) is 2.67. The highest BCUT2D eigenvalue weighted by Crippen LogP contribution is 2.23. The molecule has 0 unspecified atom stereocenters. The molecule has 0 fully saturated rings. The molecule has 2 rings (SSSR count). The molecule has 1 amide bonds. The maximum atomic E-state index is 12.0. The van der Waals surface area contributed by atoms with Crippen LogP contribution in [0.4, 0.5) is 0 Å². The van der Waals surface area contributed by atoms with Gasteiger partial charge in [-0.05, 0) is 43.0 Å². The van der Waals surface area contributed by atoms with Crippen LogP contribution in [0, 0.1) is 0 Å². The van der Waals surface area contributed by atoms with Gasteiger partial charge in [0.2, 0.25) is 5.91 Å². The third kappa shape index (κ3) is 5.02. The van der Waals surface area contributed by atoms with Crippen molar-refractivity contribution in [1.82, 2.24) is 10.2 Å². The second-order valence-corrected chi connectivity index (χ2v) is 5.88. The maximum Gasteiger partial charge on any atom is 0.234 e.